The van der Waals surface area contributed by atoms with Gasteiger partial charge in [0.25, 0.3) is 5.91 Å². The number of rotatable bonds is 8. The number of pyridine rings is 1. The number of amides is 2. The average Bonchev–Trinajstić information content (AvgIpc) is 2.76. The van der Waals surface area contributed by atoms with Crippen LogP contribution in [0, 0.1) is 0 Å². The topological polar surface area (TPSA) is 100 Å². The van der Waals surface area contributed by atoms with Crippen molar-refractivity contribution in [3.05, 3.63) is 48.2 Å². The predicted octanol–water partition coefficient (Wildman–Crippen LogP) is 3.19. The highest BCUT2D eigenvalue weighted by atomic mass is 16.2. The van der Waals surface area contributed by atoms with E-state index in [1.165, 1.54) is 19.3 Å². The maximum Gasteiger partial charge on any atom is 0.251 e. The second-order valence-corrected chi connectivity index (χ2v) is 7.30. The number of nitrogen functional groups attached to an aromatic ring is 1. The summed E-state index contributed by atoms with van der Waals surface area (Å²) in [6.07, 6.45) is 7.09. The zero-order chi connectivity index (χ0) is 20.5. The van der Waals surface area contributed by atoms with Gasteiger partial charge in [-0.05, 0) is 56.4 Å². The number of carbonyl (C=O) groups is 2. The number of piperidine rings is 1. The first-order valence-electron chi connectivity index (χ1n) is 10.3. The van der Waals surface area contributed by atoms with Gasteiger partial charge in [0, 0.05) is 37.8 Å². The number of unbranched alkanes of at least 4 members (excludes halogenated alkanes) is 1. The smallest absolute Gasteiger partial charge is 0.251 e. The van der Waals surface area contributed by atoms with Crippen LogP contribution in [0.5, 0.6) is 0 Å². The van der Waals surface area contributed by atoms with Crippen molar-refractivity contribution in [1.29, 1.82) is 0 Å². The van der Waals surface area contributed by atoms with Gasteiger partial charge in [0.1, 0.15) is 5.82 Å². The fourth-order valence-electron chi connectivity index (χ4n) is 3.39. The first-order valence-corrected chi connectivity index (χ1v) is 10.3. The number of para-hydroxylation sites is 2. The van der Waals surface area contributed by atoms with E-state index in [-0.39, 0.29) is 11.8 Å². The Balaban J connectivity index is 1.38. The molecule has 0 bridgehead atoms. The van der Waals surface area contributed by atoms with Crippen LogP contribution in [0.2, 0.25) is 0 Å². The quantitative estimate of drug-likeness (QED) is 0.471. The van der Waals surface area contributed by atoms with Crippen molar-refractivity contribution in [3.8, 4) is 0 Å². The van der Waals surface area contributed by atoms with Crippen molar-refractivity contribution in [2.75, 3.05) is 35.6 Å². The number of hydrogen-bond donors (Lipinski definition) is 3. The molecule has 7 heteroatoms. The standard InChI is InChI=1S/C22H29N5O2/c23-18-8-2-3-9-19(18)26-21(28)10-4-5-12-25-22(29)17-11-13-24-20(16-17)27-14-6-1-7-15-27/h2-3,8-9,11,13,16H,1,4-7,10,12,14-15,23H2,(H,25,29)(H,26,28). The third-order valence-electron chi connectivity index (χ3n) is 5.04. The van der Waals surface area contributed by atoms with Gasteiger partial charge in [-0.25, -0.2) is 4.98 Å². The molecule has 1 fully saturated rings. The lowest BCUT2D eigenvalue weighted by Gasteiger charge is -2.27. The molecule has 29 heavy (non-hydrogen) atoms. The van der Waals surface area contributed by atoms with Gasteiger partial charge in [-0.2, -0.15) is 0 Å². The first-order chi connectivity index (χ1) is 14.1. The molecule has 154 valence electrons. The molecule has 0 saturated carbocycles. The van der Waals surface area contributed by atoms with Crippen molar-refractivity contribution < 1.29 is 9.59 Å². The SMILES string of the molecule is Nc1ccccc1NC(=O)CCCCNC(=O)c1ccnc(N2CCCCC2)c1. The third-order valence-corrected chi connectivity index (χ3v) is 5.04. The van der Waals surface area contributed by atoms with E-state index < -0.39 is 0 Å². The highest BCUT2D eigenvalue weighted by Crippen LogP contribution is 2.19. The molecule has 0 radical (unpaired) electrons. The molecule has 1 aliphatic rings. The van der Waals surface area contributed by atoms with E-state index in [1.807, 2.05) is 18.2 Å². The van der Waals surface area contributed by atoms with E-state index in [0.29, 0.717) is 36.3 Å². The van der Waals surface area contributed by atoms with Crippen molar-refractivity contribution >= 4 is 29.0 Å². The fourth-order valence-corrected chi connectivity index (χ4v) is 3.39. The number of nitrogens with two attached hydrogens (primary N) is 1. The average molecular weight is 396 g/mol. The number of hydrogen-bond acceptors (Lipinski definition) is 5. The zero-order valence-electron chi connectivity index (χ0n) is 16.7. The molecule has 2 heterocycles. The van der Waals surface area contributed by atoms with E-state index in [4.69, 9.17) is 5.73 Å². The van der Waals surface area contributed by atoms with Crippen molar-refractivity contribution in [2.45, 2.75) is 38.5 Å². The van der Waals surface area contributed by atoms with E-state index in [2.05, 4.69) is 20.5 Å². The summed E-state index contributed by atoms with van der Waals surface area (Å²) in [7, 11) is 0. The van der Waals surface area contributed by atoms with Crippen LogP contribution in [-0.4, -0.2) is 36.4 Å². The lowest BCUT2D eigenvalue weighted by Crippen LogP contribution is -2.31. The maximum absolute atomic E-state index is 12.4. The number of benzene rings is 1. The molecule has 2 aromatic rings. The number of anilines is 3. The van der Waals surface area contributed by atoms with Gasteiger partial charge in [-0.15, -0.1) is 0 Å². The largest absolute Gasteiger partial charge is 0.397 e. The molecule has 1 aromatic heterocycles. The van der Waals surface area contributed by atoms with Crippen LogP contribution in [0.4, 0.5) is 17.2 Å². The molecule has 0 unspecified atom stereocenters. The first kappa shape index (κ1) is 20.6. The van der Waals surface area contributed by atoms with E-state index in [1.54, 1.807) is 24.4 Å². The molecule has 4 N–H and O–H groups in total. The summed E-state index contributed by atoms with van der Waals surface area (Å²) in [5.74, 6) is 0.691. The summed E-state index contributed by atoms with van der Waals surface area (Å²) in [5.41, 5.74) is 7.63. The third kappa shape index (κ3) is 6.20. The number of nitrogens with one attached hydrogen (secondary N) is 2. The lowest BCUT2D eigenvalue weighted by atomic mass is 10.1. The number of carbonyl (C=O) groups excluding carboxylic acids is 2. The summed E-state index contributed by atoms with van der Waals surface area (Å²) in [4.78, 5) is 31.1. The Kier molecular flexibility index (Phi) is 7.44. The van der Waals surface area contributed by atoms with Gasteiger partial charge >= 0.3 is 0 Å². The van der Waals surface area contributed by atoms with Crippen LogP contribution in [0.1, 0.15) is 48.9 Å². The molecule has 7 nitrogen and oxygen atoms in total. The minimum absolute atomic E-state index is 0.0745. The highest BCUT2D eigenvalue weighted by molar-refractivity contribution is 5.95. The Morgan fingerprint density at radius 2 is 1.86 bits per heavy atom. The Labute approximate surface area is 171 Å². The summed E-state index contributed by atoms with van der Waals surface area (Å²) >= 11 is 0. The van der Waals surface area contributed by atoms with Crippen molar-refractivity contribution in [3.63, 3.8) is 0 Å². The molecule has 1 aromatic carbocycles. The van der Waals surface area contributed by atoms with E-state index in [0.717, 1.165) is 25.3 Å². The van der Waals surface area contributed by atoms with Crippen LogP contribution in [-0.2, 0) is 4.79 Å². The molecule has 2 amide bonds. The van der Waals surface area contributed by atoms with Crippen molar-refractivity contribution in [1.82, 2.24) is 10.3 Å². The molecule has 0 spiro atoms. The predicted molar refractivity (Wildman–Crippen MR) is 116 cm³/mol. The molecular weight excluding hydrogens is 366 g/mol. The van der Waals surface area contributed by atoms with Gasteiger partial charge in [0.05, 0.1) is 11.4 Å². The van der Waals surface area contributed by atoms with E-state index in [9.17, 15) is 9.59 Å². The van der Waals surface area contributed by atoms with Crippen LogP contribution in [0.15, 0.2) is 42.6 Å². The van der Waals surface area contributed by atoms with Crippen molar-refractivity contribution in [2.24, 2.45) is 0 Å². The second kappa shape index (κ2) is 10.5. The summed E-state index contributed by atoms with van der Waals surface area (Å²) in [5, 5.41) is 5.73. The number of aromatic nitrogens is 1. The number of nitrogens with zero attached hydrogens (tertiary/aromatic N) is 2. The zero-order valence-corrected chi connectivity index (χ0v) is 16.7. The van der Waals surface area contributed by atoms with Crippen LogP contribution in [0.25, 0.3) is 0 Å². The maximum atomic E-state index is 12.4. The van der Waals surface area contributed by atoms with Gasteiger partial charge in [0.15, 0.2) is 0 Å². The van der Waals surface area contributed by atoms with Crippen LogP contribution >= 0.6 is 0 Å². The van der Waals surface area contributed by atoms with E-state index >= 15 is 0 Å². The minimum atomic E-state index is -0.104. The summed E-state index contributed by atoms with van der Waals surface area (Å²) in [6, 6.07) is 10.8. The van der Waals surface area contributed by atoms with Crippen LogP contribution in [0.3, 0.4) is 0 Å². The van der Waals surface area contributed by atoms with Gasteiger partial charge in [0.2, 0.25) is 5.91 Å². The Morgan fingerprint density at radius 1 is 1.07 bits per heavy atom. The Bertz CT molecular complexity index is 833. The molecular formula is C22H29N5O2. The molecule has 0 atom stereocenters. The molecule has 3 rings (SSSR count). The Morgan fingerprint density at radius 3 is 2.66 bits per heavy atom. The summed E-state index contributed by atoms with van der Waals surface area (Å²) in [6.45, 7) is 2.52. The molecule has 0 aliphatic carbocycles. The fraction of sp³-hybridized carbons (Fsp3) is 0.409. The van der Waals surface area contributed by atoms with Crippen LogP contribution < -0.4 is 21.3 Å². The van der Waals surface area contributed by atoms with Gasteiger partial charge < -0.3 is 21.3 Å². The lowest BCUT2D eigenvalue weighted by molar-refractivity contribution is -0.116. The molecule has 1 aliphatic heterocycles. The monoisotopic (exact) mass is 395 g/mol. The van der Waals surface area contributed by atoms with Gasteiger partial charge in [-0.1, -0.05) is 12.1 Å². The van der Waals surface area contributed by atoms with Gasteiger partial charge in [-0.3, -0.25) is 9.59 Å². The molecule has 1 saturated heterocycles. The normalized spacial score (nSPS) is 13.7. The summed E-state index contributed by atoms with van der Waals surface area (Å²) < 4.78 is 0. The Hall–Kier alpha value is -3.09. The second-order valence-electron chi connectivity index (χ2n) is 7.30. The highest BCUT2D eigenvalue weighted by Gasteiger charge is 2.14. The minimum Gasteiger partial charge on any atom is -0.397 e.